The van der Waals surface area contributed by atoms with Gasteiger partial charge in [0, 0.05) is 49.0 Å². The summed E-state index contributed by atoms with van der Waals surface area (Å²) in [5.74, 6) is 0.101. The molecule has 0 atom stereocenters. The molecule has 0 unspecified atom stereocenters. The fourth-order valence-corrected chi connectivity index (χ4v) is 3.39. The van der Waals surface area contributed by atoms with Gasteiger partial charge in [-0.15, -0.1) is 0 Å². The van der Waals surface area contributed by atoms with Gasteiger partial charge in [-0.2, -0.15) is 0 Å². The van der Waals surface area contributed by atoms with Crippen LogP contribution in [-0.4, -0.2) is 49.3 Å². The van der Waals surface area contributed by atoms with Crippen LogP contribution in [0.2, 0.25) is 5.02 Å². The summed E-state index contributed by atoms with van der Waals surface area (Å²) in [5.41, 5.74) is 2.84. The van der Waals surface area contributed by atoms with Crippen LogP contribution in [0.4, 0.5) is 5.69 Å². The van der Waals surface area contributed by atoms with Crippen molar-refractivity contribution in [3.8, 4) is 0 Å². The number of piperazine rings is 1. The number of nitrogens with zero attached hydrogens (tertiary/aromatic N) is 2. The Morgan fingerprint density at radius 2 is 1.74 bits per heavy atom. The van der Waals surface area contributed by atoms with E-state index >= 15 is 0 Å². The number of carbonyl (C=O) groups is 2. The summed E-state index contributed by atoms with van der Waals surface area (Å²) >= 11 is 5.96. The third-order valence-electron chi connectivity index (χ3n) is 4.76. The molecule has 1 fully saturated rings. The molecule has 0 aliphatic carbocycles. The van der Waals surface area contributed by atoms with E-state index in [4.69, 9.17) is 11.6 Å². The van der Waals surface area contributed by atoms with Crippen LogP contribution >= 0.6 is 11.6 Å². The highest BCUT2D eigenvalue weighted by atomic mass is 35.5. The zero-order valence-corrected chi connectivity index (χ0v) is 16.2. The predicted molar refractivity (Wildman–Crippen MR) is 108 cm³/mol. The summed E-state index contributed by atoms with van der Waals surface area (Å²) in [6.07, 6.45) is 0. The minimum absolute atomic E-state index is 0.0224. The van der Waals surface area contributed by atoms with Crippen molar-refractivity contribution in [2.75, 3.05) is 37.6 Å². The maximum atomic E-state index is 12.2. The normalized spacial score (nSPS) is 14.8. The van der Waals surface area contributed by atoms with Gasteiger partial charge in [-0.1, -0.05) is 23.7 Å². The van der Waals surface area contributed by atoms with Gasteiger partial charge in [-0.3, -0.25) is 14.5 Å². The molecule has 1 N–H and O–H groups in total. The van der Waals surface area contributed by atoms with Crippen LogP contribution in [0.5, 0.6) is 0 Å². The van der Waals surface area contributed by atoms with E-state index in [1.807, 2.05) is 48.5 Å². The van der Waals surface area contributed by atoms with Crippen molar-refractivity contribution in [3.05, 3.63) is 64.7 Å². The first-order valence-electron chi connectivity index (χ1n) is 9.11. The number of halogens is 1. The van der Waals surface area contributed by atoms with Gasteiger partial charge in [-0.05, 0) is 48.9 Å². The maximum Gasteiger partial charge on any atom is 0.234 e. The first-order chi connectivity index (χ1) is 13.0. The topological polar surface area (TPSA) is 52.7 Å². The molecule has 142 valence electrons. The lowest BCUT2D eigenvalue weighted by Gasteiger charge is -2.35. The second-order valence-electron chi connectivity index (χ2n) is 6.77. The third kappa shape index (κ3) is 5.55. The Labute approximate surface area is 164 Å². The molecule has 1 aliphatic rings. The fourth-order valence-electron chi connectivity index (χ4n) is 3.18. The van der Waals surface area contributed by atoms with Crippen LogP contribution in [0.25, 0.3) is 0 Å². The zero-order chi connectivity index (χ0) is 19.2. The summed E-state index contributed by atoms with van der Waals surface area (Å²) in [7, 11) is 0. The summed E-state index contributed by atoms with van der Waals surface area (Å²) < 4.78 is 0. The standard InChI is InChI=1S/C21H24ClN3O2/c1-16(26)18-5-7-20(8-6-18)25-11-9-24(10-12-25)15-21(27)23-14-17-3-2-4-19(22)13-17/h2-8,13H,9-12,14-15H2,1H3,(H,23,27). The summed E-state index contributed by atoms with van der Waals surface area (Å²) in [5, 5.41) is 3.62. The average Bonchev–Trinajstić information content (AvgIpc) is 2.67. The highest BCUT2D eigenvalue weighted by Crippen LogP contribution is 2.17. The second-order valence-corrected chi connectivity index (χ2v) is 7.21. The van der Waals surface area contributed by atoms with Gasteiger partial charge in [0.05, 0.1) is 6.54 Å². The van der Waals surface area contributed by atoms with Crippen molar-refractivity contribution in [3.63, 3.8) is 0 Å². The minimum atomic E-state index is 0.0224. The summed E-state index contributed by atoms with van der Waals surface area (Å²) in [6.45, 7) is 5.85. The smallest absolute Gasteiger partial charge is 0.234 e. The molecule has 2 aromatic rings. The average molecular weight is 386 g/mol. The molecule has 0 bridgehead atoms. The SMILES string of the molecule is CC(=O)c1ccc(N2CCN(CC(=O)NCc3cccc(Cl)c3)CC2)cc1. The first-order valence-corrected chi connectivity index (χ1v) is 9.48. The zero-order valence-electron chi connectivity index (χ0n) is 15.5. The van der Waals surface area contributed by atoms with E-state index in [1.165, 1.54) is 0 Å². The molecule has 1 saturated heterocycles. The van der Waals surface area contributed by atoms with Gasteiger partial charge < -0.3 is 10.2 Å². The molecule has 6 heteroatoms. The van der Waals surface area contributed by atoms with E-state index < -0.39 is 0 Å². The Kier molecular flexibility index (Phi) is 6.48. The van der Waals surface area contributed by atoms with Crippen LogP contribution in [0.15, 0.2) is 48.5 Å². The number of anilines is 1. The molecule has 2 aromatic carbocycles. The van der Waals surface area contributed by atoms with Crippen LogP contribution in [-0.2, 0) is 11.3 Å². The highest BCUT2D eigenvalue weighted by Gasteiger charge is 2.19. The van der Waals surface area contributed by atoms with E-state index in [1.54, 1.807) is 6.92 Å². The van der Waals surface area contributed by atoms with Gasteiger partial charge in [-0.25, -0.2) is 0 Å². The molecule has 1 heterocycles. The number of nitrogens with one attached hydrogen (secondary N) is 1. The summed E-state index contributed by atoms with van der Waals surface area (Å²) in [6, 6.07) is 15.2. The minimum Gasteiger partial charge on any atom is -0.369 e. The monoisotopic (exact) mass is 385 g/mol. The van der Waals surface area contributed by atoms with Crippen LogP contribution in [0.1, 0.15) is 22.8 Å². The Morgan fingerprint density at radius 3 is 2.37 bits per heavy atom. The number of carbonyl (C=O) groups excluding carboxylic acids is 2. The predicted octanol–water partition coefficient (Wildman–Crippen LogP) is 2.98. The maximum absolute atomic E-state index is 12.2. The molecular formula is C21H24ClN3O2. The molecule has 1 aliphatic heterocycles. The van der Waals surface area contributed by atoms with Crippen molar-refractivity contribution in [2.24, 2.45) is 0 Å². The van der Waals surface area contributed by atoms with Crippen LogP contribution in [0, 0.1) is 0 Å². The number of amides is 1. The Hall–Kier alpha value is -2.37. The largest absolute Gasteiger partial charge is 0.369 e. The quantitative estimate of drug-likeness (QED) is 0.777. The number of hydrogen-bond acceptors (Lipinski definition) is 4. The van der Waals surface area contributed by atoms with Crippen molar-refractivity contribution in [1.82, 2.24) is 10.2 Å². The van der Waals surface area contributed by atoms with E-state index in [0.717, 1.165) is 43.0 Å². The number of Topliss-reactive ketones (excluding diaryl/α,β-unsaturated/α-hetero) is 1. The molecule has 5 nitrogen and oxygen atoms in total. The van der Waals surface area contributed by atoms with E-state index in [0.29, 0.717) is 18.1 Å². The molecule has 27 heavy (non-hydrogen) atoms. The number of ketones is 1. The van der Waals surface area contributed by atoms with Crippen LogP contribution in [0.3, 0.4) is 0 Å². The molecular weight excluding hydrogens is 362 g/mol. The lowest BCUT2D eigenvalue weighted by Crippen LogP contribution is -2.49. The number of rotatable bonds is 6. The molecule has 0 aromatic heterocycles. The van der Waals surface area contributed by atoms with Crippen molar-refractivity contribution < 1.29 is 9.59 Å². The lowest BCUT2D eigenvalue weighted by atomic mass is 10.1. The van der Waals surface area contributed by atoms with E-state index in [9.17, 15) is 9.59 Å². The number of hydrogen-bond donors (Lipinski definition) is 1. The van der Waals surface area contributed by atoms with Gasteiger partial charge in [0.25, 0.3) is 0 Å². The molecule has 0 saturated carbocycles. The van der Waals surface area contributed by atoms with Gasteiger partial charge >= 0.3 is 0 Å². The second kappa shape index (κ2) is 9.02. The highest BCUT2D eigenvalue weighted by molar-refractivity contribution is 6.30. The third-order valence-corrected chi connectivity index (χ3v) is 4.99. The fraction of sp³-hybridized carbons (Fsp3) is 0.333. The Bertz CT molecular complexity index is 799. The summed E-state index contributed by atoms with van der Waals surface area (Å²) in [4.78, 5) is 28.0. The van der Waals surface area contributed by atoms with E-state index in [2.05, 4.69) is 15.1 Å². The molecule has 0 spiro atoms. The van der Waals surface area contributed by atoms with Crippen molar-refractivity contribution in [1.29, 1.82) is 0 Å². The lowest BCUT2D eigenvalue weighted by molar-refractivity contribution is -0.122. The first kappa shape index (κ1) is 19.4. The van der Waals surface area contributed by atoms with Gasteiger partial charge in [0.15, 0.2) is 5.78 Å². The van der Waals surface area contributed by atoms with Crippen LogP contribution < -0.4 is 10.2 Å². The molecule has 1 amide bonds. The van der Waals surface area contributed by atoms with Crippen molar-refractivity contribution >= 4 is 29.0 Å². The van der Waals surface area contributed by atoms with E-state index in [-0.39, 0.29) is 11.7 Å². The molecule has 3 rings (SSSR count). The van der Waals surface area contributed by atoms with Crippen molar-refractivity contribution in [2.45, 2.75) is 13.5 Å². The van der Waals surface area contributed by atoms with Gasteiger partial charge in [0.2, 0.25) is 5.91 Å². The Balaban J connectivity index is 1.43. The Morgan fingerprint density at radius 1 is 1.04 bits per heavy atom. The molecule has 0 radical (unpaired) electrons. The van der Waals surface area contributed by atoms with Gasteiger partial charge in [0.1, 0.15) is 0 Å². The number of benzene rings is 2.